The highest BCUT2D eigenvalue weighted by atomic mass is 32.2. The largest absolute Gasteiger partial charge is 0.481 e. The molecule has 0 saturated carbocycles. The Hall–Kier alpha value is -0.440. The summed E-state index contributed by atoms with van der Waals surface area (Å²) in [6.45, 7) is 20.5. The van der Waals surface area contributed by atoms with Crippen LogP contribution in [0.25, 0.3) is 0 Å². The van der Waals surface area contributed by atoms with Crippen molar-refractivity contribution in [3.05, 3.63) is 12.2 Å². The number of hydrogen-bond donors (Lipinski definition) is 1. The monoisotopic (exact) mass is 356 g/mol. The number of hydrogen-bond acceptors (Lipinski definition) is 2. The molecule has 2 nitrogen and oxygen atoms in total. The van der Waals surface area contributed by atoms with Gasteiger partial charge in [0.1, 0.15) is 0 Å². The molecule has 3 heteroatoms. The van der Waals surface area contributed by atoms with Gasteiger partial charge in [0.15, 0.2) is 0 Å². The standard InChI is InChI=1S/C21H40O2S/c1-10-18(3,4)13-12-14-19(5,6)21(9,11-2)16-20(7,8)24-15-17(22)23/h12,14H,10-11,13,15-16H2,1-9H3,(H,22,23). The third-order valence-corrected chi connectivity index (χ3v) is 7.22. The maximum Gasteiger partial charge on any atom is 0.313 e. The minimum atomic E-state index is -0.729. The molecule has 0 amide bonds. The highest BCUT2D eigenvalue weighted by molar-refractivity contribution is 8.01. The van der Waals surface area contributed by atoms with Crippen molar-refractivity contribution >= 4 is 17.7 Å². The van der Waals surface area contributed by atoms with E-state index in [4.69, 9.17) is 5.11 Å². The van der Waals surface area contributed by atoms with E-state index in [-0.39, 0.29) is 21.3 Å². The molecule has 1 atom stereocenters. The first-order valence-corrected chi connectivity index (χ1v) is 10.2. The number of carbonyl (C=O) groups is 1. The summed E-state index contributed by atoms with van der Waals surface area (Å²) < 4.78 is -0.0447. The van der Waals surface area contributed by atoms with E-state index in [0.29, 0.717) is 5.41 Å². The predicted molar refractivity (Wildman–Crippen MR) is 109 cm³/mol. The number of allylic oxidation sites excluding steroid dienone is 2. The zero-order chi connectivity index (χ0) is 19.2. The third kappa shape index (κ3) is 7.63. The lowest BCUT2D eigenvalue weighted by Crippen LogP contribution is -2.39. The number of aliphatic carboxylic acids is 1. The Kier molecular flexibility index (Phi) is 8.62. The molecule has 0 spiro atoms. The second kappa shape index (κ2) is 8.78. The molecular formula is C21H40O2S. The fraction of sp³-hybridized carbons (Fsp3) is 0.857. The van der Waals surface area contributed by atoms with Crippen LogP contribution in [0.3, 0.4) is 0 Å². The van der Waals surface area contributed by atoms with E-state index in [2.05, 4.69) is 74.5 Å². The normalized spacial score (nSPS) is 16.4. The van der Waals surface area contributed by atoms with E-state index < -0.39 is 5.97 Å². The summed E-state index contributed by atoms with van der Waals surface area (Å²) in [5.74, 6) is -0.555. The van der Waals surface area contributed by atoms with E-state index in [9.17, 15) is 4.79 Å². The van der Waals surface area contributed by atoms with Gasteiger partial charge in [0.05, 0.1) is 5.75 Å². The Morgan fingerprint density at radius 2 is 1.54 bits per heavy atom. The van der Waals surface area contributed by atoms with Gasteiger partial charge in [-0.25, -0.2) is 0 Å². The smallest absolute Gasteiger partial charge is 0.313 e. The molecule has 1 N–H and O–H groups in total. The molecule has 0 aromatic rings. The Bertz CT molecular complexity index is 435. The lowest BCUT2D eigenvalue weighted by atomic mass is 9.61. The highest BCUT2D eigenvalue weighted by Crippen LogP contribution is 2.50. The van der Waals surface area contributed by atoms with Crippen LogP contribution in [0.15, 0.2) is 12.2 Å². The molecule has 0 heterocycles. The summed E-state index contributed by atoms with van der Waals surface area (Å²) in [5, 5.41) is 8.98. The van der Waals surface area contributed by atoms with Crippen molar-refractivity contribution in [2.75, 3.05) is 5.75 Å². The minimum Gasteiger partial charge on any atom is -0.481 e. The van der Waals surface area contributed by atoms with Gasteiger partial charge in [-0.2, -0.15) is 0 Å². The van der Waals surface area contributed by atoms with Gasteiger partial charge >= 0.3 is 5.97 Å². The van der Waals surface area contributed by atoms with E-state index in [1.54, 1.807) is 11.8 Å². The number of carboxylic acid groups (broad SMARTS) is 1. The number of thioether (sulfide) groups is 1. The van der Waals surface area contributed by atoms with Crippen LogP contribution in [0.2, 0.25) is 0 Å². The zero-order valence-corrected chi connectivity index (χ0v) is 18.3. The van der Waals surface area contributed by atoms with Crippen molar-refractivity contribution in [2.24, 2.45) is 16.2 Å². The van der Waals surface area contributed by atoms with E-state index >= 15 is 0 Å². The van der Waals surface area contributed by atoms with Crippen molar-refractivity contribution in [3.8, 4) is 0 Å². The summed E-state index contributed by atoms with van der Waals surface area (Å²) in [6.07, 6.45) is 9.12. The molecule has 24 heavy (non-hydrogen) atoms. The molecule has 142 valence electrons. The summed E-state index contributed by atoms with van der Waals surface area (Å²) in [4.78, 5) is 10.9. The Labute approximate surface area is 154 Å². The lowest BCUT2D eigenvalue weighted by molar-refractivity contribution is -0.133. The SMILES string of the molecule is CCC(C)(C)CC=CC(C)(C)C(C)(CC)CC(C)(C)SCC(=O)O. The molecule has 0 aliphatic rings. The molecule has 0 aliphatic carbocycles. The molecule has 1 unspecified atom stereocenters. The van der Waals surface area contributed by atoms with Crippen LogP contribution in [0.4, 0.5) is 0 Å². The van der Waals surface area contributed by atoms with Gasteiger partial charge in [0, 0.05) is 4.75 Å². The van der Waals surface area contributed by atoms with E-state index in [1.165, 1.54) is 6.42 Å². The fourth-order valence-corrected chi connectivity index (χ4v) is 4.01. The second-order valence-corrected chi connectivity index (χ2v) is 11.1. The molecule has 0 bridgehead atoms. The lowest BCUT2D eigenvalue weighted by Gasteiger charge is -2.46. The molecule has 0 rings (SSSR count). The van der Waals surface area contributed by atoms with E-state index in [0.717, 1.165) is 19.3 Å². The number of carboxylic acids is 1. The summed E-state index contributed by atoms with van der Waals surface area (Å²) in [5.41, 5.74) is 0.563. The average Bonchev–Trinajstić information content (AvgIpc) is 2.44. The first-order valence-electron chi connectivity index (χ1n) is 9.24. The van der Waals surface area contributed by atoms with Crippen LogP contribution < -0.4 is 0 Å². The Balaban J connectivity index is 5.16. The van der Waals surface area contributed by atoms with Crippen molar-refractivity contribution in [1.29, 1.82) is 0 Å². The van der Waals surface area contributed by atoms with Gasteiger partial charge in [-0.15, -0.1) is 11.8 Å². The van der Waals surface area contributed by atoms with Crippen molar-refractivity contribution in [2.45, 2.75) is 92.7 Å². The second-order valence-electron chi connectivity index (χ2n) is 9.38. The summed E-state index contributed by atoms with van der Waals surface area (Å²) in [7, 11) is 0. The van der Waals surface area contributed by atoms with Gasteiger partial charge in [-0.05, 0) is 35.5 Å². The molecular weight excluding hydrogens is 316 g/mol. The molecule has 0 aliphatic heterocycles. The highest BCUT2D eigenvalue weighted by Gasteiger charge is 2.41. The van der Waals surface area contributed by atoms with Crippen LogP contribution in [-0.2, 0) is 4.79 Å². The molecule has 0 aromatic carbocycles. The van der Waals surface area contributed by atoms with Crippen molar-refractivity contribution in [1.82, 2.24) is 0 Å². The van der Waals surface area contributed by atoms with Gasteiger partial charge < -0.3 is 5.11 Å². The minimum absolute atomic E-state index is 0.0447. The van der Waals surface area contributed by atoms with Crippen molar-refractivity contribution < 1.29 is 9.90 Å². The maximum atomic E-state index is 10.9. The first kappa shape index (κ1) is 23.6. The molecule has 0 aromatic heterocycles. The summed E-state index contributed by atoms with van der Waals surface area (Å²) >= 11 is 1.55. The summed E-state index contributed by atoms with van der Waals surface area (Å²) in [6, 6.07) is 0. The number of rotatable bonds is 11. The molecule has 0 saturated heterocycles. The molecule has 0 radical (unpaired) electrons. The van der Waals surface area contributed by atoms with Gasteiger partial charge in [-0.1, -0.05) is 80.9 Å². The topological polar surface area (TPSA) is 37.3 Å². The average molecular weight is 357 g/mol. The third-order valence-electron chi connectivity index (χ3n) is 5.90. The van der Waals surface area contributed by atoms with Crippen LogP contribution in [0, 0.1) is 16.2 Å². The van der Waals surface area contributed by atoms with E-state index in [1.807, 2.05) is 0 Å². The van der Waals surface area contributed by atoms with Gasteiger partial charge in [0.25, 0.3) is 0 Å². The van der Waals surface area contributed by atoms with Crippen LogP contribution in [0.5, 0.6) is 0 Å². The van der Waals surface area contributed by atoms with Crippen LogP contribution >= 0.6 is 11.8 Å². The zero-order valence-electron chi connectivity index (χ0n) is 17.5. The molecule has 0 fully saturated rings. The fourth-order valence-electron chi connectivity index (χ4n) is 3.07. The predicted octanol–water partition coefficient (Wildman–Crippen LogP) is 6.80. The Morgan fingerprint density at radius 1 is 1.00 bits per heavy atom. The first-order chi connectivity index (χ1) is 10.7. The maximum absolute atomic E-state index is 10.9. The van der Waals surface area contributed by atoms with Crippen LogP contribution in [0.1, 0.15) is 88.0 Å². The van der Waals surface area contributed by atoms with Gasteiger partial charge in [-0.3, -0.25) is 4.79 Å². The van der Waals surface area contributed by atoms with Crippen LogP contribution in [-0.4, -0.2) is 21.6 Å². The quantitative estimate of drug-likeness (QED) is 0.414. The Morgan fingerprint density at radius 3 is 1.96 bits per heavy atom. The van der Waals surface area contributed by atoms with Crippen molar-refractivity contribution in [3.63, 3.8) is 0 Å². The van der Waals surface area contributed by atoms with Gasteiger partial charge in [0.2, 0.25) is 0 Å².